The lowest BCUT2D eigenvalue weighted by molar-refractivity contribution is -0.137. The second-order valence-corrected chi connectivity index (χ2v) is 6.37. The predicted octanol–water partition coefficient (Wildman–Crippen LogP) is 6.11. The molecule has 1 heterocycles. The van der Waals surface area contributed by atoms with E-state index in [1.165, 1.54) is 6.07 Å². The van der Waals surface area contributed by atoms with Gasteiger partial charge >= 0.3 is 12.3 Å². The number of benzene rings is 2. The van der Waals surface area contributed by atoms with Crippen molar-refractivity contribution in [1.29, 1.82) is 0 Å². The molecule has 0 aliphatic heterocycles. The first-order valence-corrected chi connectivity index (χ1v) is 8.50. The lowest BCUT2D eigenvalue weighted by atomic mass is 10.0. The standard InChI is InChI=1S/C20H14ClF3N2O2/c21-18-5-4-16(11-17(18)20(22,23)24)26(19(27)28)12-13-2-1-3-15(10-13)14-6-8-25-9-7-14/h1-11H,12H2,(H,27,28). The second kappa shape index (κ2) is 7.90. The minimum atomic E-state index is -4.68. The SMILES string of the molecule is O=C(O)N(Cc1cccc(-c2ccncc2)c1)c1ccc(Cl)c(C(F)(F)F)c1. The van der Waals surface area contributed by atoms with E-state index in [1.54, 1.807) is 30.6 Å². The number of aromatic nitrogens is 1. The largest absolute Gasteiger partial charge is 0.465 e. The number of hydrogen-bond donors (Lipinski definition) is 1. The van der Waals surface area contributed by atoms with Crippen molar-refractivity contribution in [2.45, 2.75) is 12.7 Å². The lowest BCUT2D eigenvalue weighted by Gasteiger charge is -2.21. The summed E-state index contributed by atoms with van der Waals surface area (Å²) >= 11 is 5.62. The zero-order valence-corrected chi connectivity index (χ0v) is 15.1. The van der Waals surface area contributed by atoms with Gasteiger partial charge in [-0.2, -0.15) is 13.2 Å². The molecule has 28 heavy (non-hydrogen) atoms. The Morgan fingerprint density at radius 3 is 2.39 bits per heavy atom. The van der Waals surface area contributed by atoms with Crippen LogP contribution < -0.4 is 4.90 Å². The summed E-state index contributed by atoms with van der Waals surface area (Å²) in [6.45, 7) is -0.118. The fraction of sp³-hybridized carbons (Fsp3) is 0.100. The van der Waals surface area contributed by atoms with Crippen molar-refractivity contribution in [1.82, 2.24) is 4.98 Å². The summed E-state index contributed by atoms with van der Waals surface area (Å²) in [5.74, 6) is 0. The molecule has 3 aromatic rings. The lowest BCUT2D eigenvalue weighted by Crippen LogP contribution is -2.29. The van der Waals surface area contributed by atoms with Crippen LogP contribution >= 0.6 is 11.6 Å². The van der Waals surface area contributed by atoms with E-state index in [0.29, 0.717) is 5.56 Å². The van der Waals surface area contributed by atoms with Crippen LogP contribution in [0.4, 0.5) is 23.7 Å². The average Bonchev–Trinajstić information content (AvgIpc) is 2.66. The highest BCUT2D eigenvalue weighted by Gasteiger charge is 2.34. The molecule has 0 saturated carbocycles. The van der Waals surface area contributed by atoms with Crippen LogP contribution in [0, 0.1) is 0 Å². The van der Waals surface area contributed by atoms with Crippen molar-refractivity contribution < 1.29 is 23.1 Å². The Morgan fingerprint density at radius 2 is 1.75 bits per heavy atom. The molecule has 144 valence electrons. The Morgan fingerprint density at radius 1 is 1.04 bits per heavy atom. The van der Waals surface area contributed by atoms with Crippen molar-refractivity contribution in [3.63, 3.8) is 0 Å². The molecule has 0 bridgehead atoms. The van der Waals surface area contributed by atoms with Gasteiger partial charge in [0.1, 0.15) is 0 Å². The van der Waals surface area contributed by atoms with E-state index in [-0.39, 0.29) is 12.2 Å². The summed E-state index contributed by atoms with van der Waals surface area (Å²) in [7, 11) is 0. The molecular formula is C20H14ClF3N2O2. The molecule has 0 aliphatic rings. The van der Waals surface area contributed by atoms with Crippen LogP contribution in [0.2, 0.25) is 5.02 Å². The van der Waals surface area contributed by atoms with Crippen molar-refractivity contribution in [3.8, 4) is 11.1 Å². The maximum absolute atomic E-state index is 13.1. The van der Waals surface area contributed by atoms with E-state index in [4.69, 9.17) is 11.6 Å². The molecular weight excluding hydrogens is 393 g/mol. The van der Waals surface area contributed by atoms with E-state index in [9.17, 15) is 23.1 Å². The normalized spacial score (nSPS) is 11.3. The minimum absolute atomic E-state index is 0.112. The number of halogens is 4. The molecule has 0 atom stereocenters. The van der Waals surface area contributed by atoms with Crippen LogP contribution in [0.5, 0.6) is 0 Å². The van der Waals surface area contributed by atoms with E-state index in [0.717, 1.165) is 28.2 Å². The molecule has 0 aliphatic carbocycles. The molecule has 1 N–H and O–H groups in total. The average molecular weight is 407 g/mol. The number of carbonyl (C=O) groups is 1. The van der Waals surface area contributed by atoms with Gasteiger partial charge in [0.15, 0.2) is 0 Å². The van der Waals surface area contributed by atoms with Gasteiger partial charge in [-0.3, -0.25) is 9.88 Å². The fourth-order valence-corrected chi connectivity index (χ4v) is 2.97. The molecule has 0 spiro atoms. The molecule has 0 radical (unpaired) electrons. The quantitative estimate of drug-likeness (QED) is 0.569. The topological polar surface area (TPSA) is 53.4 Å². The summed E-state index contributed by atoms with van der Waals surface area (Å²) < 4.78 is 39.3. The van der Waals surface area contributed by atoms with Gasteiger partial charge in [-0.1, -0.05) is 29.8 Å². The minimum Gasteiger partial charge on any atom is -0.465 e. The number of pyridine rings is 1. The van der Waals surface area contributed by atoms with Crippen molar-refractivity contribution >= 4 is 23.4 Å². The van der Waals surface area contributed by atoms with Gasteiger partial charge in [0.05, 0.1) is 17.1 Å². The first kappa shape index (κ1) is 19.7. The molecule has 8 heteroatoms. The van der Waals surface area contributed by atoms with Gasteiger partial charge in [0.25, 0.3) is 0 Å². The third-order valence-corrected chi connectivity index (χ3v) is 4.41. The Kier molecular flexibility index (Phi) is 5.56. The Hall–Kier alpha value is -3.06. The highest BCUT2D eigenvalue weighted by molar-refractivity contribution is 6.31. The van der Waals surface area contributed by atoms with E-state index in [2.05, 4.69) is 4.98 Å². The number of amides is 1. The zero-order valence-electron chi connectivity index (χ0n) is 14.3. The number of anilines is 1. The van der Waals surface area contributed by atoms with Crippen LogP contribution in [0.25, 0.3) is 11.1 Å². The summed E-state index contributed by atoms with van der Waals surface area (Å²) in [5.41, 5.74) is 1.17. The molecule has 3 rings (SSSR count). The number of rotatable bonds is 4. The summed E-state index contributed by atoms with van der Waals surface area (Å²) in [5, 5.41) is 9.06. The maximum atomic E-state index is 13.1. The molecule has 0 saturated heterocycles. The third kappa shape index (κ3) is 4.43. The van der Waals surface area contributed by atoms with Gasteiger partial charge in [-0.15, -0.1) is 0 Å². The van der Waals surface area contributed by atoms with E-state index < -0.39 is 22.9 Å². The van der Waals surface area contributed by atoms with Crippen LogP contribution in [0.15, 0.2) is 67.0 Å². The predicted molar refractivity (Wildman–Crippen MR) is 100 cm³/mol. The number of hydrogen-bond acceptors (Lipinski definition) is 2. The second-order valence-electron chi connectivity index (χ2n) is 5.97. The van der Waals surface area contributed by atoms with Crippen LogP contribution in [-0.2, 0) is 12.7 Å². The molecule has 4 nitrogen and oxygen atoms in total. The van der Waals surface area contributed by atoms with Gasteiger partial charge in [0, 0.05) is 18.1 Å². The molecule has 0 unspecified atom stereocenters. The number of carboxylic acid groups (broad SMARTS) is 1. The van der Waals surface area contributed by atoms with Crippen molar-refractivity contribution in [2.75, 3.05) is 4.90 Å². The smallest absolute Gasteiger partial charge is 0.417 e. The highest BCUT2D eigenvalue weighted by Crippen LogP contribution is 2.37. The van der Waals surface area contributed by atoms with E-state index >= 15 is 0 Å². The Labute approximate surface area is 163 Å². The first-order valence-electron chi connectivity index (χ1n) is 8.12. The van der Waals surface area contributed by atoms with Gasteiger partial charge < -0.3 is 5.11 Å². The van der Waals surface area contributed by atoms with Crippen LogP contribution in [0.1, 0.15) is 11.1 Å². The Balaban J connectivity index is 1.94. The molecule has 0 fully saturated rings. The number of alkyl halides is 3. The third-order valence-electron chi connectivity index (χ3n) is 4.08. The molecule has 2 aromatic carbocycles. The van der Waals surface area contributed by atoms with E-state index in [1.807, 2.05) is 18.2 Å². The van der Waals surface area contributed by atoms with Crippen molar-refractivity contribution in [3.05, 3.63) is 83.1 Å². The maximum Gasteiger partial charge on any atom is 0.417 e. The summed E-state index contributed by atoms with van der Waals surface area (Å²) in [6, 6.07) is 13.8. The zero-order chi connectivity index (χ0) is 20.3. The van der Waals surface area contributed by atoms with Gasteiger partial charge in [-0.05, 0) is 53.1 Å². The number of nitrogens with zero attached hydrogens (tertiary/aromatic N) is 2. The van der Waals surface area contributed by atoms with Gasteiger partial charge in [0.2, 0.25) is 0 Å². The van der Waals surface area contributed by atoms with Crippen LogP contribution in [-0.4, -0.2) is 16.2 Å². The fourth-order valence-electron chi connectivity index (χ4n) is 2.74. The van der Waals surface area contributed by atoms with Crippen molar-refractivity contribution in [2.24, 2.45) is 0 Å². The first-order chi connectivity index (χ1) is 13.3. The Bertz CT molecular complexity index is 994. The molecule has 1 amide bonds. The highest BCUT2D eigenvalue weighted by atomic mass is 35.5. The molecule has 1 aromatic heterocycles. The summed E-state index contributed by atoms with van der Waals surface area (Å²) in [4.78, 5) is 16.5. The summed E-state index contributed by atoms with van der Waals surface area (Å²) in [6.07, 6.45) is -2.78. The monoisotopic (exact) mass is 406 g/mol. The van der Waals surface area contributed by atoms with Crippen LogP contribution in [0.3, 0.4) is 0 Å². The van der Waals surface area contributed by atoms with Gasteiger partial charge in [-0.25, -0.2) is 4.79 Å².